The van der Waals surface area contributed by atoms with Gasteiger partial charge in [0, 0.05) is 0 Å². The van der Waals surface area contributed by atoms with E-state index in [1.165, 1.54) is 28.8 Å². The molecule has 1 nitrogen and oxygen atoms in total. The van der Waals surface area contributed by atoms with Gasteiger partial charge in [-0.3, -0.25) is 0 Å². The standard InChI is InChI=1S/C25H18F3OP/c26-25(27,28)22-11-5-6-12-23(22)29-19-16-14-18(15-17-19)21-10-4-7-13-24(21)30-20-8-2-1-3-9-20/h1-17,30H. The monoisotopic (exact) mass is 422 g/mol. The summed E-state index contributed by atoms with van der Waals surface area (Å²) < 4.78 is 45.1. The predicted molar refractivity (Wildman–Crippen MR) is 117 cm³/mol. The molecular weight excluding hydrogens is 404 g/mol. The second-order valence-electron chi connectivity index (χ2n) is 6.66. The molecule has 0 bridgehead atoms. The maximum Gasteiger partial charge on any atom is 0.419 e. The van der Waals surface area contributed by atoms with E-state index in [1.807, 2.05) is 42.5 Å². The molecule has 1 unspecified atom stereocenters. The SMILES string of the molecule is FC(F)(F)c1ccccc1Oc1ccc(-c2ccccc2Pc2ccccc2)cc1. The summed E-state index contributed by atoms with van der Waals surface area (Å²) in [6.07, 6.45) is -4.46. The zero-order chi connectivity index (χ0) is 21.0. The highest BCUT2D eigenvalue weighted by molar-refractivity contribution is 7.55. The third-order valence-corrected chi connectivity index (χ3v) is 5.89. The fourth-order valence-electron chi connectivity index (χ4n) is 3.14. The van der Waals surface area contributed by atoms with Gasteiger partial charge in [-0.2, -0.15) is 13.2 Å². The van der Waals surface area contributed by atoms with Crippen molar-refractivity contribution < 1.29 is 17.9 Å². The van der Waals surface area contributed by atoms with Crippen molar-refractivity contribution in [2.45, 2.75) is 6.18 Å². The number of ether oxygens (including phenoxy) is 1. The summed E-state index contributed by atoms with van der Waals surface area (Å²) in [6, 6.07) is 30.8. The average molecular weight is 422 g/mol. The molecule has 0 radical (unpaired) electrons. The van der Waals surface area contributed by atoms with Crippen LogP contribution in [0.5, 0.6) is 11.5 Å². The predicted octanol–water partition coefficient (Wildman–Crippen LogP) is 6.79. The summed E-state index contributed by atoms with van der Waals surface area (Å²) in [4.78, 5) is 0. The second-order valence-corrected chi connectivity index (χ2v) is 8.02. The van der Waals surface area contributed by atoms with Gasteiger partial charge in [-0.1, -0.05) is 87.4 Å². The van der Waals surface area contributed by atoms with Gasteiger partial charge in [0.1, 0.15) is 11.5 Å². The topological polar surface area (TPSA) is 9.23 Å². The van der Waals surface area contributed by atoms with E-state index in [0.29, 0.717) is 14.3 Å². The maximum absolute atomic E-state index is 13.2. The molecule has 5 heteroatoms. The Balaban J connectivity index is 1.59. The first kappa shape index (κ1) is 20.2. The van der Waals surface area contributed by atoms with Gasteiger partial charge >= 0.3 is 6.18 Å². The fraction of sp³-hybridized carbons (Fsp3) is 0.0400. The molecule has 0 heterocycles. The van der Waals surface area contributed by atoms with Crippen LogP contribution in [0.1, 0.15) is 5.56 Å². The molecule has 0 aliphatic heterocycles. The molecule has 4 aromatic carbocycles. The van der Waals surface area contributed by atoms with E-state index < -0.39 is 11.7 Å². The van der Waals surface area contributed by atoms with Gasteiger partial charge in [0.25, 0.3) is 0 Å². The first-order valence-corrected chi connectivity index (χ1v) is 10.4. The van der Waals surface area contributed by atoms with E-state index in [0.717, 1.165) is 17.2 Å². The van der Waals surface area contributed by atoms with Crippen molar-refractivity contribution >= 4 is 19.2 Å². The largest absolute Gasteiger partial charge is 0.457 e. The van der Waals surface area contributed by atoms with Crippen LogP contribution in [0.15, 0.2) is 103 Å². The summed E-state index contributed by atoms with van der Waals surface area (Å²) in [5.74, 6) is 0.155. The molecule has 0 saturated carbocycles. The van der Waals surface area contributed by atoms with E-state index in [2.05, 4.69) is 24.3 Å². The Morgan fingerprint density at radius 2 is 1.27 bits per heavy atom. The van der Waals surface area contributed by atoms with E-state index in [1.54, 1.807) is 12.1 Å². The third-order valence-electron chi connectivity index (χ3n) is 4.57. The third kappa shape index (κ3) is 4.72. The van der Waals surface area contributed by atoms with Gasteiger partial charge in [0.15, 0.2) is 0 Å². The van der Waals surface area contributed by atoms with Gasteiger partial charge in [0.05, 0.1) is 5.56 Å². The normalized spacial score (nSPS) is 11.7. The molecule has 0 fully saturated rings. The average Bonchev–Trinajstić information content (AvgIpc) is 2.75. The highest BCUT2D eigenvalue weighted by atomic mass is 31.1. The first-order chi connectivity index (χ1) is 14.5. The van der Waals surface area contributed by atoms with Crippen molar-refractivity contribution in [3.05, 3.63) is 109 Å². The van der Waals surface area contributed by atoms with Crippen molar-refractivity contribution in [3.63, 3.8) is 0 Å². The molecule has 4 rings (SSSR count). The Labute approximate surface area is 174 Å². The zero-order valence-corrected chi connectivity index (χ0v) is 16.9. The smallest absolute Gasteiger partial charge is 0.419 e. The maximum atomic E-state index is 13.2. The van der Waals surface area contributed by atoms with Gasteiger partial charge in [0.2, 0.25) is 0 Å². The summed E-state index contributed by atoms with van der Waals surface area (Å²) in [6.45, 7) is 0. The number of hydrogen-bond donors (Lipinski definition) is 0. The minimum absolute atomic E-state index is 0.205. The molecule has 1 atom stereocenters. The number of alkyl halides is 3. The van der Waals surface area contributed by atoms with Gasteiger partial charge in [-0.25, -0.2) is 0 Å². The van der Waals surface area contributed by atoms with E-state index >= 15 is 0 Å². The van der Waals surface area contributed by atoms with Crippen molar-refractivity contribution in [2.24, 2.45) is 0 Å². The van der Waals surface area contributed by atoms with Crippen LogP contribution < -0.4 is 15.3 Å². The second kappa shape index (κ2) is 8.73. The minimum Gasteiger partial charge on any atom is -0.457 e. The Bertz CT molecular complexity index is 1120. The van der Waals surface area contributed by atoms with Crippen LogP contribution >= 0.6 is 8.58 Å². The number of hydrogen-bond acceptors (Lipinski definition) is 1. The van der Waals surface area contributed by atoms with E-state index in [-0.39, 0.29) is 5.75 Å². The van der Waals surface area contributed by atoms with Crippen LogP contribution in [0.3, 0.4) is 0 Å². The Morgan fingerprint density at radius 1 is 0.633 bits per heavy atom. The highest BCUT2D eigenvalue weighted by Gasteiger charge is 2.34. The van der Waals surface area contributed by atoms with Crippen LogP contribution in [0.2, 0.25) is 0 Å². The lowest BCUT2D eigenvalue weighted by Crippen LogP contribution is -2.07. The van der Waals surface area contributed by atoms with Gasteiger partial charge in [-0.15, -0.1) is 0 Å². The lowest BCUT2D eigenvalue weighted by molar-refractivity contribution is -0.138. The molecular formula is C25H18F3OP. The van der Waals surface area contributed by atoms with Gasteiger partial charge < -0.3 is 4.74 Å². The van der Waals surface area contributed by atoms with Crippen molar-refractivity contribution in [3.8, 4) is 22.6 Å². The summed E-state index contributed by atoms with van der Waals surface area (Å²) >= 11 is 0. The molecule has 0 aromatic heterocycles. The molecule has 0 spiro atoms. The highest BCUT2D eigenvalue weighted by Crippen LogP contribution is 2.38. The molecule has 0 aliphatic rings. The van der Waals surface area contributed by atoms with Crippen molar-refractivity contribution in [1.82, 2.24) is 0 Å². The lowest BCUT2D eigenvalue weighted by Gasteiger charge is -2.14. The molecule has 150 valence electrons. The lowest BCUT2D eigenvalue weighted by atomic mass is 10.1. The van der Waals surface area contributed by atoms with Crippen molar-refractivity contribution in [2.75, 3.05) is 0 Å². The number of rotatable bonds is 5. The van der Waals surface area contributed by atoms with Crippen LogP contribution in [-0.2, 0) is 6.18 Å². The molecule has 30 heavy (non-hydrogen) atoms. The van der Waals surface area contributed by atoms with Crippen LogP contribution in [0, 0.1) is 0 Å². The first-order valence-electron chi connectivity index (χ1n) is 9.36. The minimum atomic E-state index is -4.46. The molecule has 0 saturated heterocycles. The number of halogens is 3. The summed E-state index contributed by atoms with van der Waals surface area (Å²) in [5, 5.41) is 2.45. The van der Waals surface area contributed by atoms with Crippen LogP contribution in [0.4, 0.5) is 13.2 Å². The van der Waals surface area contributed by atoms with Gasteiger partial charge in [-0.05, 0) is 46.0 Å². The Kier molecular flexibility index (Phi) is 5.87. The van der Waals surface area contributed by atoms with Crippen LogP contribution in [0.25, 0.3) is 11.1 Å². The van der Waals surface area contributed by atoms with Crippen molar-refractivity contribution in [1.29, 1.82) is 0 Å². The fourth-order valence-corrected chi connectivity index (χ4v) is 4.35. The number of benzene rings is 4. The quantitative estimate of drug-likeness (QED) is 0.322. The summed E-state index contributed by atoms with van der Waals surface area (Å²) in [7, 11) is 0.512. The molecule has 0 aliphatic carbocycles. The van der Waals surface area contributed by atoms with E-state index in [4.69, 9.17) is 4.74 Å². The molecule has 4 aromatic rings. The molecule has 0 N–H and O–H groups in total. The zero-order valence-electron chi connectivity index (χ0n) is 15.9. The number of para-hydroxylation sites is 1. The Hall–Kier alpha value is -3.10. The van der Waals surface area contributed by atoms with E-state index in [9.17, 15) is 13.2 Å². The Morgan fingerprint density at radius 3 is 2.00 bits per heavy atom. The molecule has 0 amide bonds. The summed E-state index contributed by atoms with van der Waals surface area (Å²) in [5.41, 5.74) is 1.30. The van der Waals surface area contributed by atoms with Crippen LogP contribution in [-0.4, -0.2) is 0 Å².